The van der Waals surface area contributed by atoms with Gasteiger partial charge in [0.15, 0.2) is 0 Å². The number of benzene rings is 11. The van der Waals surface area contributed by atoms with Gasteiger partial charge in [0, 0.05) is 33.5 Å². The molecule has 1 heterocycles. The van der Waals surface area contributed by atoms with Gasteiger partial charge in [0.2, 0.25) is 0 Å². The van der Waals surface area contributed by atoms with E-state index in [4.69, 9.17) is 13.7 Å². The summed E-state index contributed by atoms with van der Waals surface area (Å²) in [5.74, 6) is 0. The molecule has 0 amide bonds. The third kappa shape index (κ3) is 6.61. The average molecular weight is 825 g/mol. The van der Waals surface area contributed by atoms with E-state index in [2.05, 4.69) is 126 Å². The zero-order valence-corrected chi connectivity index (χ0v) is 34.4. The molecule has 0 radical (unpaired) electrons. The maximum absolute atomic E-state index is 8.93. The van der Waals surface area contributed by atoms with Crippen molar-refractivity contribution in [1.29, 1.82) is 0 Å². The third-order valence-electron chi connectivity index (χ3n) is 12.1. The number of hydrogen-bond acceptors (Lipinski definition) is 1. The van der Waals surface area contributed by atoms with E-state index in [-0.39, 0.29) is 22.3 Å². The van der Waals surface area contributed by atoms with Crippen LogP contribution < -0.4 is 4.90 Å². The van der Waals surface area contributed by atoms with Crippen molar-refractivity contribution >= 4 is 60.4 Å². The summed E-state index contributed by atoms with van der Waals surface area (Å²) in [5.41, 5.74) is 9.63. The summed E-state index contributed by atoms with van der Waals surface area (Å²) in [6.45, 7) is 0. The van der Waals surface area contributed by atoms with E-state index in [0.717, 1.165) is 60.6 Å². The van der Waals surface area contributed by atoms with Crippen molar-refractivity contribution in [2.75, 3.05) is 4.90 Å². The summed E-state index contributed by atoms with van der Waals surface area (Å²) in [7, 11) is 0. The lowest BCUT2D eigenvalue weighted by atomic mass is 9.97. The van der Waals surface area contributed by atoms with Gasteiger partial charge in [-0.1, -0.05) is 182 Å². The molecule has 64 heavy (non-hydrogen) atoms. The minimum atomic E-state index is -0.544. The average Bonchev–Trinajstić information content (AvgIpc) is 3.78. The molecule has 0 aliphatic heterocycles. The van der Waals surface area contributed by atoms with Crippen LogP contribution in [-0.2, 0) is 0 Å². The number of hydrogen-bond donors (Lipinski definition) is 0. The first-order valence-corrected chi connectivity index (χ1v) is 21.2. The third-order valence-corrected chi connectivity index (χ3v) is 12.1. The Bertz CT molecular complexity index is 4100. The molecule has 1 aromatic heterocycles. The molecule has 2 heteroatoms. The van der Waals surface area contributed by atoms with Gasteiger partial charge in [0.25, 0.3) is 0 Å². The number of aromatic nitrogens is 1. The lowest BCUT2D eigenvalue weighted by molar-refractivity contribution is 1.18. The van der Waals surface area contributed by atoms with Gasteiger partial charge in [-0.2, -0.15) is 0 Å². The smallest absolute Gasteiger partial charge is 0.0629 e. The zero-order valence-electron chi connectivity index (χ0n) is 44.4. The SMILES string of the molecule is [2H]c1c([2H])c([2H])c(-c2cc(-c3c([2H])c([2H])c([2H])c([2H])c3[2H])cc(N(c3ccccc3)c3ccc(-c4ccc5c(c4)c4c6ccccc6ccc4n5-c4ccc(-c5cccc6ccccc56)cc4)cc3)c2)c([2H])c1[2H]. The van der Waals surface area contributed by atoms with Crippen molar-refractivity contribution in [3.63, 3.8) is 0 Å². The van der Waals surface area contributed by atoms with Crippen molar-refractivity contribution in [1.82, 2.24) is 4.57 Å². The predicted octanol–water partition coefficient (Wildman–Crippen LogP) is 17.2. The molecule has 12 aromatic rings. The van der Waals surface area contributed by atoms with Crippen LogP contribution in [0.5, 0.6) is 0 Å². The summed E-state index contributed by atoms with van der Waals surface area (Å²) in [6, 6.07) is 60.8. The number of anilines is 3. The van der Waals surface area contributed by atoms with Gasteiger partial charge in [0.1, 0.15) is 0 Å². The van der Waals surface area contributed by atoms with Gasteiger partial charge in [-0.05, 0) is 139 Å². The standard InChI is InChI=1S/C62H42N2/c1-4-15-43(16-5-1)50-39-51(44-17-6-2-7-18-44)41-55(40-50)63(52-22-8-3-9-23-52)53-33-27-45(28-34-53)49-32-37-60-59(42-49)62-58-25-13-11-20-47(58)31-38-61(62)64(60)54-35-29-48(30-36-54)57-26-14-21-46-19-10-12-24-56(46)57/h1-42H/i1D,2D,4D,5D,6D,7D,15D,16D,17D,18D. The van der Waals surface area contributed by atoms with Gasteiger partial charge in [0.05, 0.1) is 24.7 Å². The second-order valence-electron chi connectivity index (χ2n) is 15.8. The van der Waals surface area contributed by atoms with Crippen LogP contribution in [0.1, 0.15) is 13.7 Å². The molecule has 2 nitrogen and oxygen atoms in total. The summed E-state index contributed by atoms with van der Waals surface area (Å²) >= 11 is 0. The van der Waals surface area contributed by atoms with E-state index in [1.54, 1.807) is 12.1 Å². The number of rotatable bonds is 8. The lowest BCUT2D eigenvalue weighted by Crippen LogP contribution is -2.10. The second kappa shape index (κ2) is 15.8. The van der Waals surface area contributed by atoms with Crippen molar-refractivity contribution in [2.45, 2.75) is 0 Å². The minimum absolute atomic E-state index is 0.0858. The molecule has 0 saturated carbocycles. The second-order valence-corrected chi connectivity index (χ2v) is 15.8. The van der Waals surface area contributed by atoms with Crippen molar-refractivity contribution in [3.8, 4) is 50.2 Å². The van der Waals surface area contributed by atoms with Crippen molar-refractivity contribution < 1.29 is 13.7 Å². The van der Waals surface area contributed by atoms with Gasteiger partial charge < -0.3 is 9.47 Å². The first-order valence-electron chi connectivity index (χ1n) is 26.2. The Kier molecular flexibility index (Phi) is 6.95. The quantitative estimate of drug-likeness (QED) is 0.148. The molecule has 0 aliphatic rings. The van der Waals surface area contributed by atoms with Gasteiger partial charge >= 0.3 is 0 Å². The summed E-state index contributed by atoms with van der Waals surface area (Å²) in [6.07, 6.45) is 0. The summed E-state index contributed by atoms with van der Waals surface area (Å²) < 4.78 is 88.7. The molecule has 0 unspecified atom stereocenters. The number of para-hydroxylation sites is 1. The van der Waals surface area contributed by atoms with Gasteiger partial charge in [-0.25, -0.2) is 0 Å². The van der Waals surface area contributed by atoms with Gasteiger partial charge in [-0.3, -0.25) is 0 Å². The molecule has 0 N–H and O–H groups in total. The molecule has 12 rings (SSSR count). The highest BCUT2D eigenvalue weighted by atomic mass is 15.1. The summed E-state index contributed by atoms with van der Waals surface area (Å²) in [4.78, 5) is 1.94. The fourth-order valence-electron chi connectivity index (χ4n) is 9.16. The molecule has 0 fully saturated rings. The highest BCUT2D eigenvalue weighted by Gasteiger charge is 2.19. The van der Waals surface area contributed by atoms with Crippen LogP contribution in [0.2, 0.25) is 0 Å². The summed E-state index contributed by atoms with van der Waals surface area (Å²) in [5, 5.41) is 6.96. The van der Waals surface area contributed by atoms with Crippen LogP contribution in [0.15, 0.2) is 255 Å². The molecule has 0 bridgehead atoms. The molecule has 0 aliphatic carbocycles. The Labute approximate surface area is 387 Å². The maximum Gasteiger partial charge on any atom is 0.0629 e. The van der Waals surface area contributed by atoms with E-state index in [1.807, 2.05) is 59.5 Å². The Morgan fingerprint density at radius 2 is 0.891 bits per heavy atom. The van der Waals surface area contributed by atoms with Crippen molar-refractivity contribution in [2.24, 2.45) is 0 Å². The van der Waals surface area contributed by atoms with E-state index in [0.29, 0.717) is 11.4 Å². The van der Waals surface area contributed by atoms with Gasteiger partial charge in [-0.15, -0.1) is 0 Å². The largest absolute Gasteiger partial charge is 0.310 e. The predicted molar refractivity (Wildman–Crippen MR) is 272 cm³/mol. The fourth-order valence-corrected chi connectivity index (χ4v) is 9.16. The minimum Gasteiger partial charge on any atom is -0.310 e. The van der Waals surface area contributed by atoms with Crippen LogP contribution in [0, 0.1) is 0 Å². The molecule has 0 saturated heterocycles. The van der Waals surface area contributed by atoms with E-state index >= 15 is 0 Å². The van der Waals surface area contributed by atoms with Crippen molar-refractivity contribution in [3.05, 3.63) is 255 Å². The molecular weight excluding hydrogens is 773 g/mol. The first kappa shape index (κ1) is 28.2. The van der Waals surface area contributed by atoms with E-state index < -0.39 is 60.4 Å². The highest BCUT2D eigenvalue weighted by Crippen LogP contribution is 2.42. The fraction of sp³-hybridized carbons (Fsp3) is 0. The zero-order chi connectivity index (χ0) is 51.1. The van der Waals surface area contributed by atoms with Crippen LogP contribution in [0.25, 0.3) is 93.5 Å². The lowest BCUT2D eigenvalue weighted by Gasteiger charge is -2.27. The topological polar surface area (TPSA) is 8.17 Å². The van der Waals surface area contributed by atoms with Crippen LogP contribution in [0.3, 0.4) is 0 Å². The number of nitrogens with zero attached hydrogens (tertiary/aromatic N) is 2. The Hall–Kier alpha value is -8.46. The monoisotopic (exact) mass is 824 g/mol. The Morgan fingerprint density at radius 1 is 0.328 bits per heavy atom. The normalized spacial score (nSPS) is 13.6. The maximum atomic E-state index is 8.93. The van der Waals surface area contributed by atoms with Crippen LogP contribution in [0.4, 0.5) is 17.1 Å². The highest BCUT2D eigenvalue weighted by molar-refractivity contribution is 6.22. The van der Waals surface area contributed by atoms with Crippen LogP contribution in [-0.4, -0.2) is 4.57 Å². The molecule has 300 valence electrons. The first-order chi connectivity index (χ1) is 35.9. The van der Waals surface area contributed by atoms with E-state index in [1.165, 1.54) is 22.4 Å². The molecule has 0 atom stereocenters. The molecular formula is C62H42N2. The van der Waals surface area contributed by atoms with Crippen LogP contribution >= 0.6 is 0 Å². The Balaban J connectivity index is 1.00. The van der Waals surface area contributed by atoms with E-state index in [9.17, 15) is 0 Å². The number of fused-ring (bicyclic) bond motifs is 6. The Morgan fingerprint density at radius 3 is 1.59 bits per heavy atom. The molecule has 0 spiro atoms. The molecule has 11 aromatic carbocycles.